The fourth-order valence-electron chi connectivity index (χ4n) is 4.62. The number of nitrogens with one attached hydrogen (secondary N) is 1. The predicted octanol–water partition coefficient (Wildman–Crippen LogP) is 2.44. The molecule has 6 atom stereocenters. The lowest BCUT2D eigenvalue weighted by molar-refractivity contribution is -0.183. The number of nitrogens with two attached hydrogens (primary N) is 1. The zero-order valence-electron chi connectivity index (χ0n) is 22.8. The number of nitrogens with zero attached hydrogens (tertiary/aromatic N) is 4. The number of aliphatic hydroxyl groups is 1. The average Bonchev–Trinajstić information content (AvgIpc) is 3.56. The fraction of sp³-hybridized carbons (Fsp3) is 0.560. The van der Waals surface area contributed by atoms with Gasteiger partial charge in [0.15, 0.2) is 17.4 Å². The normalized spacial score (nSPS) is 26.3. The van der Waals surface area contributed by atoms with Gasteiger partial charge in [-0.05, 0) is 39.8 Å². The van der Waals surface area contributed by atoms with Crippen LogP contribution in [-0.4, -0.2) is 81.0 Å². The van der Waals surface area contributed by atoms with Crippen molar-refractivity contribution in [1.82, 2.24) is 24.6 Å². The summed E-state index contributed by atoms with van der Waals surface area (Å²) in [6.45, 7) is 7.83. The summed E-state index contributed by atoms with van der Waals surface area (Å²) in [5.74, 6) is 0.597. The molecule has 2 bridgehead atoms. The van der Waals surface area contributed by atoms with E-state index in [1.165, 1.54) is 6.33 Å². The molecule has 0 amide bonds. The zero-order chi connectivity index (χ0) is 28.5. The van der Waals surface area contributed by atoms with E-state index in [-0.39, 0.29) is 43.8 Å². The smallest absolute Gasteiger partial charge is 0.459 e. The molecule has 40 heavy (non-hydrogen) atoms. The van der Waals surface area contributed by atoms with E-state index >= 15 is 0 Å². The Labute approximate surface area is 231 Å². The maximum atomic E-state index is 13.9. The summed E-state index contributed by atoms with van der Waals surface area (Å²) in [6, 6.07) is 8.31. The highest BCUT2D eigenvalue weighted by molar-refractivity contribution is 7.52. The quantitative estimate of drug-likeness (QED) is 0.253. The number of fused-ring (bicyclic) bond motifs is 3. The van der Waals surface area contributed by atoms with Crippen LogP contribution in [-0.2, 0) is 23.3 Å². The topological polar surface area (TPSA) is 174 Å². The molecular formula is C25H35N6O8P. The number of nitrogen functional groups attached to an aromatic ring is 1. The second kappa shape index (κ2) is 11.6. The zero-order valence-corrected chi connectivity index (χ0v) is 23.7. The number of ether oxygens (including phenoxy) is 4. The van der Waals surface area contributed by atoms with Crippen molar-refractivity contribution >= 4 is 24.9 Å². The SMILES string of the molecule is CCOc1nc(N)nc2c1ncn2[C@@H]1O[C@@]2(COP(=O)(N[C@H](C)COC(C)C)Oc3ccccc3)CO[C@@H]1[C@@H]2O. The summed E-state index contributed by atoms with van der Waals surface area (Å²) < 4.78 is 50.7. The molecule has 2 fully saturated rings. The summed E-state index contributed by atoms with van der Waals surface area (Å²) >= 11 is 0. The molecule has 3 aromatic rings. The Balaban J connectivity index is 1.36. The summed E-state index contributed by atoms with van der Waals surface area (Å²) in [7, 11) is -3.96. The van der Waals surface area contributed by atoms with E-state index in [9.17, 15) is 9.67 Å². The molecule has 2 saturated heterocycles. The molecule has 4 N–H and O–H groups in total. The second-order valence-electron chi connectivity index (χ2n) is 10.0. The molecule has 0 aliphatic carbocycles. The molecule has 15 heteroatoms. The number of anilines is 1. The lowest BCUT2D eigenvalue weighted by Crippen LogP contribution is -2.45. The molecule has 1 aromatic carbocycles. The van der Waals surface area contributed by atoms with Crippen LogP contribution in [0.2, 0.25) is 0 Å². The Morgan fingerprint density at radius 3 is 2.77 bits per heavy atom. The molecule has 0 radical (unpaired) electrons. The molecule has 0 saturated carbocycles. The van der Waals surface area contributed by atoms with Gasteiger partial charge < -0.3 is 34.3 Å². The van der Waals surface area contributed by atoms with Gasteiger partial charge in [0.2, 0.25) is 11.8 Å². The van der Waals surface area contributed by atoms with Crippen LogP contribution in [0.15, 0.2) is 36.7 Å². The molecule has 2 aromatic heterocycles. The monoisotopic (exact) mass is 578 g/mol. The Bertz CT molecular complexity index is 1360. The minimum atomic E-state index is -3.96. The third kappa shape index (κ3) is 5.79. The number of aromatic nitrogens is 4. The summed E-state index contributed by atoms with van der Waals surface area (Å²) in [4.78, 5) is 12.8. The van der Waals surface area contributed by atoms with Gasteiger partial charge in [0.1, 0.15) is 23.6 Å². The van der Waals surface area contributed by atoms with Crippen LogP contribution in [0.5, 0.6) is 11.6 Å². The molecule has 2 aliphatic rings. The van der Waals surface area contributed by atoms with E-state index in [0.29, 0.717) is 23.5 Å². The van der Waals surface area contributed by atoms with Crippen LogP contribution in [0.3, 0.4) is 0 Å². The summed E-state index contributed by atoms with van der Waals surface area (Å²) in [5.41, 5.74) is 5.32. The average molecular weight is 579 g/mol. The first-order chi connectivity index (χ1) is 19.1. The van der Waals surface area contributed by atoms with Crippen LogP contribution >= 0.6 is 7.75 Å². The highest BCUT2D eigenvalue weighted by atomic mass is 31.2. The first-order valence-electron chi connectivity index (χ1n) is 13.1. The van der Waals surface area contributed by atoms with Crippen molar-refractivity contribution in [3.63, 3.8) is 0 Å². The Kier molecular flexibility index (Phi) is 8.30. The van der Waals surface area contributed by atoms with Crippen molar-refractivity contribution in [2.45, 2.75) is 63.9 Å². The molecule has 2 aliphatic heterocycles. The van der Waals surface area contributed by atoms with Gasteiger partial charge in [0.05, 0.1) is 38.9 Å². The number of benzene rings is 1. The third-order valence-electron chi connectivity index (χ3n) is 6.47. The number of imidazole rings is 1. The maximum absolute atomic E-state index is 13.9. The largest absolute Gasteiger partial charge is 0.476 e. The van der Waals surface area contributed by atoms with Crippen molar-refractivity contribution in [3.8, 4) is 11.6 Å². The minimum absolute atomic E-state index is 0.000935. The molecule has 14 nitrogen and oxygen atoms in total. The first-order valence-corrected chi connectivity index (χ1v) is 14.7. The van der Waals surface area contributed by atoms with E-state index in [1.54, 1.807) is 28.8 Å². The minimum Gasteiger partial charge on any atom is -0.476 e. The number of rotatable bonds is 13. The van der Waals surface area contributed by atoms with Gasteiger partial charge in [-0.25, -0.2) is 14.6 Å². The standard InChI is InChI=1S/C25H35N6O8P/c1-5-34-22-18-21(28-24(26)29-22)31(14-27-18)23-19-20(32)25(38-23,12-36-19)13-37-40(33,30-16(4)11-35-15(2)3)39-17-9-7-6-8-10-17/h6-10,14-16,19-20,23,32H,5,11-13H2,1-4H3,(H,30,33)(H2,26,28,29)/t16-,19-,20+,23-,25-,40?/m1/s1. The fourth-order valence-corrected chi connectivity index (χ4v) is 6.20. The van der Waals surface area contributed by atoms with Crippen LogP contribution in [0.4, 0.5) is 5.95 Å². The van der Waals surface area contributed by atoms with Gasteiger partial charge in [-0.15, -0.1) is 0 Å². The Morgan fingerprint density at radius 1 is 1.27 bits per heavy atom. The summed E-state index contributed by atoms with van der Waals surface area (Å²) in [5, 5.41) is 14.1. The second-order valence-corrected chi connectivity index (χ2v) is 11.7. The highest BCUT2D eigenvalue weighted by Gasteiger charge is 2.63. The molecular weight excluding hydrogens is 543 g/mol. The molecule has 0 spiro atoms. The Hall–Kier alpha value is -2.84. The number of hydrogen-bond acceptors (Lipinski definition) is 12. The third-order valence-corrected chi connectivity index (χ3v) is 8.15. The van der Waals surface area contributed by atoms with E-state index in [0.717, 1.165) is 0 Å². The number of hydrogen-bond donors (Lipinski definition) is 3. The number of para-hydroxylation sites is 1. The van der Waals surface area contributed by atoms with E-state index in [1.807, 2.05) is 33.8 Å². The van der Waals surface area contributed by atoms with Crippen molar-refractivity contribution < 1.29 is 37.7 Å². The van der Waals surface area contributed by atoms with Crippen LogP contribution in [0, 0.1) is 0 Å². The van der Waals surface area contributed by atoms with E-state index in [4.69, 9.17) is 33.7 Å². The van der Waals surface area contributed by atoms with Crippen molar-refractivity contribution in [3.05, 3.63) is 36.7 Å². The molecule has 4 heterocycles. The van der Waals surface area contributed by atoms with E-state index < -0.39 is 31.8 Å². The van der Waals surface area contributed by atoms with Gasteiger partial charge >= 0.3 is 7.75 Å². The van der Waals surface area contributed by atoms with Crippen LogP contribution in [0.1, 0.15) is 33.9 Å². The van der Waals surface area contributed by atoms with Gasteiger partial charge in [-0.2, -0.15) is 9.97 Å². The summed E-state index contributed by atoms with van der Waals surface area (Å²) in [6.07, 6.45) is -1.20. The van der Waals surface area contributed by atoms with Crippen molar-refractivity contribution in [2.75, 3.05) is 32.2 Å². The van der Waals surface area contributed by atoms with E-state index in [2.05, 4.69) is 20.0 Å². The van der Waals surface area contributed by atoms with Gasteiger partial charge in [0.25, 0.3) is 0 Å². The van der Waals surface area contributed by atoms with Crippen LogP contribution in [0.25, 0.3) is 11.2 Å². The molecule has 1 unspecified atom stereocenters. The van der Waals surface area contributed by atoms with Gasteiger partial charge in [-0.3, -0.25) is 9.09 Å². The lowest BCUT2D eigenvalue weighted by Gasteiger charge is -2.32. The van der Waals surface area contributed by atoms with Crippen molar-refractivity contribution in [2.24, 2.45) is 0 Å². The highest BCUT2D eigenvalue weighted by Crippen LogP contribution is 2.51. The van der Waals surface area contributed by atoms with Gasteiger partial charge in [-0.1, -0.05) is 18.2 Å². The first kappa shape index (κ1) is 28.7. The van der Waals surface area contributed by atoms with Crippen LogP contribution < -0.4 is 20.1 Å². The van der Waals surface area contributed by atoms with Gasteiger partial charge in [0, 0.05) is 6.04 Å². The molecule has 5 rings (SSSR count). The Morgan fingerprint density at radius 2 is 2.05 bits per heavy atom. The maximum Gasteiger partial charge on any atom is 0.459 e. The lowest BCUT2D eigenvalue weighted by atomic mass is 10.0. The van der Waals surface area contributed by atoms with Crippen molar-refractivity contribution in [1.29, 1.82) is 0 Å². The number of aliphatic hydroxyl groups excluding tert-OH is 1. The predicted molar refractivity (Wildman–Crippen MR) is 144 cm³/mol. The molecule has 218 valence electrons.